The molecule has 5 nitrogen and oxygen atoms in total. The van der Waals surface area contributed by atoms with Crippen molar-refractivity contribution >= 4 is 50.9 Å². The van der Waals surface area contributed by atoms with Crippen molar-refractivity contribution in [2.24, 2.45) is 23.7 Å². The number of hydrogen-bond acceptors (Lipinski definition) is 3. The molecule has 4 rings (SSSR count). The molecule has 1 aliphatic heterocycles. The number of anilines is 1. The minimum absolute atomic E-state index is 0.0762. The van der Waals surface area contributed by atoms with E-state index in [-0.39, 0.29) is 54.4 Å². The van der Waals surface area contributed by atoms with Crippen molar-refractivity contribution in [1.29, 1.82) is 0 Å². The summed E-state index contributed by atoms with van der Waals surface area (Å²) in [7, 11) is 0. The van der Waals surface area contributed by atoms with E-state index in [0.717, 1.165) is 16.5 Å². The number of amides is 3. The zero-order valence-corrected chi connectivity index (χ0v) is 16.5. The molecule has 0 unspecified atom stereocenters. The predicted molar refractivity (Wildman–Crippen MR) is 102 cm³/mol. The molecule has 26 heavy (non-hydrogen) atoms. The monoisotopic (exact) mass is 436 g/mol. The van der Waals surface area contributed by atoms with E-state index in [0.29, 0.717) is 10.7 Å². The van der Waals surface area contributed by atoms with Crippen LogP contribution in [0.4, 0.5) is 5.69 Å². The first-order valence-electron chi connectivity index (χ1n) is 8.66. The fraction of sp³-hybridized carbons (Fsp3) is 0.421. The highest BCUT2D eigenvalue weighted by Gasteiger charge is 2.58. The van der Waals surface area contributed by atoms with Crippen molar-refractivity contribution in [2.75, 3.05) is 11.9 Å². The third kappa shape index (κ3) is 2.79. The average molecular weight is 438 g/mol. The molecular weight excluding hydrogens is 420 g/mol. The molecule has 3 amide bonds. The topological polar surface area (TPSA) is 66.5 Å². The van der Waals surface area contributed by atoms with Gasteiger partial charge in [0.1, 0.15) is 0 Å². The number of hydrogen-bond donors (Lipinski definition) is 1. The number of rotatable bonds is 4. The van der Waals surface area contributed by atoms with Crippen LogP contribution in [0.2, 0.25) is 5.02 Å². The molecule has 1 saturated heterocycles. The van der Waals surface area contributed by atoms with Crippen LogP contribution in [0.25, 0.3) is 0 Å². The fourth-order valence-corrected chi connectivity index (χ4v) is 5.01. The number of fused-ring (bicyclic) bond motifs is 5. The lowest BCUT2D eigenvalue weighted by molar-refractivity contribution is -0.140. The van der Waals surface area contributed by atoms with Gasteiger partial charge < -0.3 is 5.32 Å². The summed E-state index contributed by atoms with van der Waals surface area (Å²) in [4.78, 5) is 38.8. The Bertz CT molecular complexity index is 823. The van der Waals surface area contributed by atoms with Crippen molar-refractivity contribution in [3.05, 3.63) is 39.3 Å². The summed E-state index contributed by atoms with van der Waals surface area (Å²) in [5.74, 6) is -0.535. The smallest absolute Gasteiger partial charge is 0.233 e. The minimum atomic E-state index is -0.245. The van der Waals surface area contributed by atoms with Gasteiger partial charge in [0.2, 0.25) is 17.7 Å². The van der Waals surface area contributed by atoms with Crippen LogP contribution in [0.3, 0.4) is 0 Å². The molecule has 2 bridgehead atoms. The Hall–Kier alpha value is -1.66. The summed E-state index contributed by atoms with van der Waals surface area (Å²) in [6, 6.07) is 3.51. The first-order valence-corrected chi connectivity index (χ1v) is 9.83. The van der Waals surface area contributed by atoms with Crippen LogP contribution in [0, 0.1) is 30.6 Å². The number of nitrogens with one attached hydrogen (secondary N) is 1. The summed E-state index contributed by atoms with van der Waals surface area (Å²) in [5.41, 5.74) is 1.50. The summed E-state index contributed by atoms with van der Waals surface area (Å²) in [5, 5.41) is 3.31. The number of imide groups is 1. The molecule has 0 aromatic heterocycles. The first kappa shape index (κ1) is 17.7. The third-order valence-corrected chi connectivity index (χ3v) is 6.86. The first-order chi connectivity index (χ1) is 12.4. The second-order valence-corrected chi connectivity index (χ2v) is 8.47. The average Bonchev–Trinajstić information content (AvgIpc) is 3.26. The van der Waals surface area contributed by atoms with E-state index in [1.165, 1.54) is 4.90 Å². The number of benzene rings is 1. The molecule has 2 fully saturated rings. The number of aryl methyl sites for hydroxylation is 1. The molecule has 1 aromatic carbocycles. The number of allylic oxidation sites excluding steroid dienone is 2. The van der Waals surface area contributed by atoms with Crippen molar-refractivity contribution < 1.29 is 14.4 Å². The second-order valence-electron chi connectivity index (χ2n) is 7.21. The lowest BCUT2D eigenvalue weighted by atomic mass is 9.85. The van der Waals surface area contributed by atoms with Crippen molar-refractivity contribution in [1.82, 2.24) is 4.90 Å². The Morgan fingerprint density at radius 1 is 1.23 bits per heavy atom. The van der Waals surface area contributed by atoms with Gasteiger partial charge in [0.05, 0.1) is 16.9 Å². The van der Waals surface area contributed by atoms with Crippen LogP contribution in [-0.4, -0.2) is 29.2 Å². The summed E-state index contributed by atoms with van der Waals surface area (Å²) in [6.07, 6.45) is 5.11. The fourth-order valence-electron chi connectivity index (χ4n) is 4.39. The van der Waals surface area contributed by atoms with E-state index in [9.17, 15) is 14.4 Å². The largest absolute Gasteiger partial charge is 0.326 e. The third-order valence-electron chi connectivity index (χ3n) is 5.67. The molecule has 4 atom stereocenters. The Morgan fingerprint density at radius 2 is 1.85 bits per heavy atom. The molecule has 1 aromatic rings. The van der Waals surface area contributed by atoms with Crippen molar-refractivity contribution in [2.45, 2.75) is 19.8 Å². The molecule has 136 valence electrons. The standard InChI is InChI=1S/C19H18BrClN2O3/c1-9-6-12(20)13(21)8-14(9)22-15(24)4-5-23-18(25)16-10-2-3-11(7-10)17(16)19(23)26/h2-3,6,8,10-11,16-17H,4-5,7H2,1H3,(H,22,24)/t10-,11-,16-,17-/m0/s1. The van der Waals surface area contributed by atoms with E-state index in [1.54, 1.807) is 6.07 Å². The molecule has 2 aliphatic carbocycles. The van der Waals surface area contributed by atoms with E-state index >= 15 is 0 Å². The zero-order valence-electron chi connectivity index (χ0n) is 14.2. The maximum atomic E-state index is 12.6. The Balaban J connectivity index is 1.39. The maximum Gasteiger partial charge on any atom is 0.233 e. The number of carbonyl (C=O) groups is 3. The quantitative estimate of drug-likeness (QED) is 0.579. The molecule has 0 radical (unpaired) electrons. The van der Waals surface area contributed by atoms with Gasteiger partial charge in [-0.25, -0.2) is 0 Å². The molecular formula is C19H18BrClN2O3. The zero-order chi connectivity index (χ0) is 18.6. The van der Waals surface area contributed by atoms with Crippen LogP contribution in [0.5, 0.6) is 0 Å². The van der Waals surface area contributed by atoms with Crippen molar-refractivity contribution in [3.8, 4) is 0 Å². The molecule has 1 N–H and O–H groups in total. The summed E-state index contributed by atoms with van der Waals surface area (Å²) >= 11 is 9.42. The van der Waals surface area contributed by atoms with Crippen LogP contribution in [-0.2, 0) is 14.4 Å². The highest BCUT2D eigenvalue weighted by atomic mass is 79.9. The summed E-state index contributed by atoms with van der Waals surface area (Å²) < 4.78 is 0.762. The van der Waals surface area contributed by atoms with Gasteiger partial charge in [0.15, 0.2) is 0 Å². The van der Waals surface area contributed by atoms with Gasteiger partial charge in [-0.2, -0.15) is 0 Å². The lowest BCUT2D eigenvalue weighted by Crippen LogP contribution is -2.35. The maximum absolute atomic E-state index is 12.6. The lowest BCUT2D eigenvalue weighted by Gasteiger charge is -2.17. The second kappa shape index (κ2) is 6.50. The molecule has 1 heterocycles. The highest BCUT2D eigenvalue weighted by Crippen LogP contribution is 2.52. The van der Waals surface area contributed by atoms with Gasteiger partial charge in [-0.05, 0) is 58.8 Å². The molecule has 7 heteroatoms. The number of nitrogens with zero attached hydrogens (tertiary/aromatic N) is 1. The van der Waals surface area contributed by atoms with Gasteiger partial charge in [-0.15, -0.1) is 0 Å². The van der Waals surface area contributed by atoms with Crippen LogP contribution in [0.15, 0.2) is 28.8 Å². The van der Waals surface area contributed by atoms with E-state index < -0.39 is 0 Å². The van der Waals surface area contributed by atoms with Gasteiger partial charge in [0, 0.05) is 23.1 Å². The van der Waals surface area contributed by atoms with Crippen LogP contribution < -0.4 is 5.32 Å². The molecule has 0 spiro atoms. The van der Waals surface area contributed by atoms with Crippen LogP contribution in [0.1, 0.15) is 18.4 Å². The minimum Gasteiger partial charge on any atom is -0.326 e. The normalized spacial score (nSPS) is 28.8. The van der Waals surface area contributed by atoms with E-state index in [4.69, 9.17) is 11.6 Å². The Kier molecular flexibility index (Phi) is 4.43. The Labute approximate surface area is 164 Å². The van der Waals surface area contributed by atoms with Gasteiger partial charge >= 0.3 is 0 Å². The summed E-state index contributed by atoms with van der Waals surface area (Å²) in [6.45, 7) is 1.99. The molecule has 3 aliphatic rings. The highest BCUT2D eigenvalue weighted by molar-refractivity contribution is 9.10. The van der Waals surface area contributed by atoms with E-state index in [2.05, 4.69) is 33.4 Å². The number of halogens is 2. The van der Waals surface area contributed by atoms with E-state index in [1.807, 2.05) is 13.0 Å². The number of likely N-dealkylation sites (tertiary alicyclic amines) is 1. The number of carbonyl (C=O) groups excluding carboxylic acids is 3. The van der Waals surface area contributed by atoms with Crippen molar-refractivity contribution in [3.63, 3.8) is 0 Å². The van der Waals surface area contributed by atoms with Gasteiger partial charge in [-0.3, -0.25) is 19.3 Å². The Morgan fingerprint density at radius 3 is 2.46 bits per heavy atom. The van der Waals surface area contributed by atoms with Gasteiger partial charge in [-0.1, -0.05) is 23.8 Å². The SMILES string of the molecule is Cc1cc(Br)c(Cl)cc1NC(=O)CCN1C(=O)[C@@H]2[C@@H](C1=O)[C@H]1C=C[C@H]2C1. The van der Waals surface area contributed by atoms with Crippen LogP contribution >= 0.6 is 27.5 Å². The predicted octanol–water partition coefficient (Wildman–Crippen LogP) is 3.55. The van der Waals surface area contributed by atoms with Gasteiger partial charge in [0.25, 0.3) is 0 Å². The molecule has 1 saturated carbocycles.